The fourth-order valence-corrected chi connectivity index (χ4v) is 3.53. The molecule has 0 spiro atoms. The van der Waals surface area contributed by atoms with Crippen molar-refractivity contribution in [3.63, 3.8) is 0 Å². The summed E-state index contributed by atoms with van der Waals surface area (Å²) in [6.45, 7) is 1.97. The number of nitrogens with one attached hydrogen (secondary N) is 2. The molecular formula is C24H20N6. The number of fused-ring (bicyclic) bond motifs is 2. The van der Waals surface area contributed by atoms with E-state index in [1.807, 2.05) is 55.5 Å². The van der Waals surface area contributed by atoms with Crippen molar-refractivity contribution in [2.75, 3.05) is 16.4 Å². The summed E-state index contributed by atoms with van der Waals surface area (Å²) in [7, 11) is 0. The molecule has 3 aromatic carbocycles. The third-order valence-electron chi connectivity index (χ3n) is 5.04. The summed E-state index contributed by atoms with van der Waals surface area (Å²) < 4.78 is 0. The number of nitrogens with two attached hydrogens (primary N) is 1. The Kier molecular flexibility index (Phi) is 4.37. The number of nitrogens with zero attached hydrogens (tertiary/aromatic N) is 3. The van der Waals surface area contributed by atoms with Gasteiger partial charge in [-0.1, -0.05) is 54.6 Å². The Balaban J connectivity index is 1.52. The molecular weight excluding hydrogens is 372 g/mol. The second-order valence-electron chi connectivity index (χ2n) is 7.09. The minimum Gasteiger partial charge on any atom is -0.393 e. The summed E-state index contributed by atoms with van der Waals surface area (Å²) >= 11 is 0. The van der Waals surface area contributed by atoms with E-state index in [0.29, 0.717) is 17.3 Å². The summed E-state index contributed by atoms with van der Waals surface area (Å²) in [5.74, 6) is 1.08. The van der Waals surface area contributed by atoms with E-state index in [1.165, 1.54) is 6.33 Å². The van der Waals surface area contributed by atoms with Crippen LogP contribution in [-0.2, 0) is 0 Å². The average Bonchev–Trinajstić information content (AvgIpc) is 2.77. The van der Waals surface area contributed by atoms with E-state index in [4.69, 9.17) is 5.73 Å². The predicted octanol–water partition coefficient (Wildman–Crippen LogP) is 5.56. The Morgan fingerprint density at radius 2 is 1.37 bits per heavy atom. The van der Waals surface area contributed by atoms with Gasteiger partial charge in [0.2, 0.25) is 0 Å². The van der Waals surface area contributed by atoms with Crippen LogP contribution in [0, 0.1) is 6.92 Å². The molecule has 0 fully saturated rings. The Morgan fingerprint density at radius 1 is 0.700 bits per heavy atom. The van der Waals surface area contributed by atoms with Crippen LogP contribution >= 0.6 is 0 Å². The Hall–Kier alpha value is -4.19. The molecule has 4 N–H and O–H groups in total. The number of anilines is 5. The maximum Gasteiger partial charge on any atom is 0.159 e. The van der Waals surface area contributed by atoms with Crippen LogP contribution in [0.25, 0.3) is 21.7 Å². The summed E-state index contributed by atoms with van der Waals surface area (Å²) in [6, 6.07) is 24.3. The zero-order valence-electron chi connectivity index (χ0n) is 16.4. The Morgan fingerprint density at radius 3 is 2.20 bits per heavy atom. The van der Waals surface area contributed by atoms with Crippen molar-refractivity contribution in [3.8, 4) is 0 Å². The molecule has 0 saturated heterocycles. The highest BCUT2D eigenvalue weighted by Gasteiger charge is 2.12. The number of para-hydroxylation sites is 1. The van der Waals surface area contributed by atoms with Gasteiger partial charge in [-0.3, -0.25) is 4.98 Å². The van der Waals surface area contributed by atoms with Gasteiger partial charge in [0.15, 0.2) is 11.6 Å². The maximum absolute atomic E-state index is 6.43. The van der Waals surface area contributed by atoms with Crippen LogP contribution in [0.1, 0.15) is 5.69 Å². The normalized spacial score (nSPS) is 11.0. The second kappa shape index (κ2) is 7.33. The largest absolute Gasteiger partial charge is 0.393 e. The summed E-state index contributed by atoms with van der Waals surface area (Å²) in [6.07, 6.45) is 1.50. The molecule has 2 aromatic heterocycles. The first-order valence-electron chi connectivity index (χ1n) is 9.68. The van der Waals surface area contributed by atoms with E-state index < -0.39 is 0 Å². The van der Waals surface area contributed by atoms with Gasteiger partial charge in [-0.05, 0) is 30.5 Å². The molecule has 0 aliphatic heterocycles. The third-order valence-corrected chi connectivity index (χ3v) is 5.04. The minimum atomic E-state index is 0.440. The number of hydrogen-bond acceptors (Lipinski definition) is 6. The van der Waals surface area contributed by atoms with E-state index in [-0.39, 0.29) is 0 Å². The first-order valence-corrected chi connectivity index (χ1v) is 9.68. The lowest BCUT2D eigenvalue weighted by atomic mass is 10.1. The lowest BCUT2D eigenvalue weighted by Crippen LogP contribution is -2.06. The van der Waals surface area contributed by atoms with Gasteiger partial charge in [-0.2, -0.15) is 0 Å². The highest BCUT2D eigenvalue weighted by atomic mass is 15.1. The molecule has 0 aliphatic carbocycles. The second-order valence-corrected chi connectivity index (χ2v) is 7.09. The molecule has 5 rings (SSSR count). The standard InChI is InChI=1S/C24H20N6/c1-15-12-13-17-8-5-11-20(22(17)28-15)30-24-21(25)23(26-14-27-24)29-19-10-4-7-16-6-2-3-9-18(16)19/h2-14H,25H2,1H3,(H2,26,27,29,30). The van der Waals surface area contributed by atoms with Crippen molar-refractivity contribution in [3.05, 3.63) is 84.8 Å². The van der Waals surface area contributed by atoms with Gasteiger partial charge < -0.3 is 16.4 Å². The number of hydrogen-bond donors (Lipinski definition) is 3. The average molecular weight is 392 g/mol. The van der Waals surface area contributed by atoms with Crippen LogP contribution in [-0.4, -0.2) is 15.0 Å². The highest BCUT2D eigenvalue weighted by Crippen LogP contribution is 2.32. The number of aromatic nitrogens is 3. The predicted molar refractivity (Wildman–Crippen MR) is 123 cm³/mol. The summed E-state index contributed by atoms with van der Waals surface area (Å²) in [5.41, 5.74) is 10.5. The molecule has 2 heterocycles. The van der Waals surface area contributed by atoms with Gasteiger partial charge >= 0.3 is 0 Å². The molecule has 30 heavy (non-hydrogen) atoms. The van der Waals surface area contributed by atoms with Crippen molar-refractivity contribution in [1.29, 1.82) is 0 Å². The quantitative estimate of drug-likeness (QED) is 0.371. The number of rotatable bonds is 4. The van der Waals surface area contributed by atoms with E-state index >= 15 is 0 Å². The molecule has 0 amide bonds. The van der Waals surface area contributed by atoms with Gasteiger partial charge in [0.1, 0.15) is 12.0 Å². The summed E-state index contributed by atoms with van der Waals surface area (Å²) in [4.78, 5) is 13.4. The third kappa shape index (κ3) is 3.24. The van der Waals surface area contributed by atoms with Crippen LogP contribution in [0.15, 0.2) is 79.1 Å². The number of nitrogen functional groups attached to an aromatic ring is 1. The SMILES string of the molecule is Cc1ccc2cccc(Nc3ncnc(Nc4cccc5ccccc45)c3N)c2n1. The van der Waals surface area contributed by atoms with E-state index in [2.05, 4.69) is 49.9 Å². The molecule has 146 valence electrons. The maximum atomic E-state index is 6.43. The van der Waals surface area contributed by atoms with Crippen molar-refractivity contribution >= 4 is 50.4 Å². The number of benzene rings is 3. The zero-order chi connectivity index (χ0) is 20.5. The highest BCUT2D eigenvalue weighted by molar-refractivity contribution is 5.97. The molecule has 6 heteroatoms. The van der Waals surface area contributed by atoms with Gasteiger partial charge in [-0.15, -0.1) is 0 Å². The molecule has 0 bridgehead atoms. The molecule has 5 aromatic rings. The Bertz CT molecular complexity index is 1370. The van der Waals surface area contributed by atoms with Gasteiger partial charge in [0.05, 0.1) is 11.2 Å². The van der Waals surface area contributed by atoms with E-state index in [9.17, 15) is 0 Å². The molecule has 0 unspecified atom stereocenters. The molecule has 0 aliphatic rings. The van der Waals surface area contributed by atoms with Crippen molar-refractivity contribution in [2.45, 2.75) is 6.92 Å². The van der Waals surface area contributed by atoms with Crippen LogP contribution < -0.4 is 16.4 Å². The van der Waals surface area contributed by atoms with Crippen LogP contribution in [0.4, 0.5) is 28.7 Å². The van der Waals surface area contributed by atoms with Crippen LogP contribution in [0.2, 0.25) is 0 Å². The topological polar surface area (TPSA) is 88.8 Å². The fourth-order valence-electron chi connectivity index (χ4n) is 3.53. The van der Waals surface area contributed by atoms with Crippen molar-refractivity contribution in [2.24, 2.45) is 0 Å². The minimum absolute atomic E-state index is 0.440. The van der Waals surface area contributed by atoms with Gasteiger partial charge in [-0.25, -0.2) is 9.97 Å². The smallest absolute Gasteiger partial charge is 0.159 e. The monoisotopic (exact) mass is 392 g/mol. The molecule has 0 saturated carbocycles. The molecule has 6 nitrogen and oxygen atoms in total. The van der Waals surface area contributed by atoms with Crippen LogP contribution in [0.5, 0.6) is 0 Å². The number of pyridine rings is 1. The lowest BCUT2D eigenvalue weighted by Gasteiger charge is -2.14. The van der Waals surface area contributed by atoms with E-state index in [0.717, 1.165) is 38.7 Å². The molecule has 0 atom stereocenters. The van der Waals surface area contributed by atoms with Crippen LogP contribution in [0.3, 0.4) is 0 Å². The first-order chi connectivity index (χ1) is 14.7. The van der Waals surface area contributed by atoms with Crippen molar-refractivity contribution in [1.82, 2.24) is 15.0 Å². The fraction of sp³-hybridized carbons (Fsp3) is 0.0417. The number of aryl methyl sites for hydroxylation is 1. The lowest BCUT2D eigenvalue weighted by molar-refractivity contribution is 1.17. The van der Waals surface area contributed by atoms with Gasteiger partial charge in [0.25, 0.3) is 0 Å². The van der Waals surface area contributed by atoms with Crippen molar-refractivity contribution < 1.29 is 0 Å². The van der Waals surface area contributed by atoms with E-state index in [1.54, 1.807) is 0 Å². The Labute approximate surface area is 173 Å². The zero-order valence-corrected chi connectivity index (χ0v) is 16.4. The first kappa shape index (κ1) is 17.9. The molecule has 0 radical (unpaired) electrons. The van der Waals surface area contributed by atoms with Gasteiger partial charge in [0, 0.05) is 22.2 Å². The summed E-state index contributed by atoms with van der Waals surface area (Å²) in [5, 5.41) is 9.97.